The Morgan fingerprint density at radius 1 is 1.33 bits per heavy atom. The zero-order chi connectivity index (χ0) is 11.8. The lowest BCUT2D eigenvalue weighted by Gasteiger charge is -2.17. The molecule has 0 radical (unpaired) electrons. The van der Waals surface area contributed by atoms with Crippen molar-refractivity contribution in [3.63, 3.8) is 0 Å². The second kappa shape index (κ2) is 5.29. The van der Waals surface area contributed by atoms with Gasteiger partial charge in [-0.3, -0.25) is 4.79 Å². The van der Waals surface area contributed by atoms with E-state index in [4.69, 9.17) is 0 Å². The fourth-order valence-electron chi connectivity index (χ4n) is 2.42. The third-order valence-electron chi connectivity index (χ3n) is 3.66. The Morgan fingerprint density at radius 3 is 2.78 bits per heavy atom. The third-order valence-corrected chi connectivity index (χ3v) is 3.66. The molecule has 1 aliphatic carbocycles. The zero-order valence-electron chi connectivity index (χ0n) is 10.6. The maximum absolute atomic E-state index is 12.2. The largest absolute Gasteiger partial charge is 0.341 e. The molecule has 1 heterocycles. The Hall–Kier alpha value is -1.06. The first-order valence-corrected chi connectivity index (χ1v) is 6.32. The smallest absolute Gasteiger partial charge is 0.253 e. The summed E-state index contributed by atoms with van der Waals surface area (Å²) in [5.74, 6) is 0.909. The Balaban J connectivity index is 0.00000120. The molecule has 3 nitrogen and oxygen atoms in total. The lowest BCUT2D eigenvalue weighted by atomic mass is 10.1. The number of amides is 1. The van der Waals surface area contributed by atoms with Gasteiger partial charge in [0.25, 0.3) is 5.91 Å². The van der Waals surface area contributed by atoms with Gasteiger partial charge in [0, 0.05) is 32.2 Å². The number of benzene rings is 1. The van der Waals surface area contributed by atoms with Crippen LogP contribution in [0.1, 0.15) is 34.3 Å². The van der Waals surface area contributed by atoms with Crippen molar-refractivity contribution >= 4 is 18.3 Å². The van der Waals surface area contributed by atoms with Crippen molar-refractivity contribution in [1.29, 1.82) is 0 Å². The molecule has 1 aliphatic heterocycles. The number of hydrogen-bond donors (Lipinski definition) is 1. The van der Waals surface area contributed by atoms with Crippen LogP contribution >= 0.6 is 12.4 Å². The van der Waals surface area contributed by atoms with Crippen molar-refractivity contribution in [3.8, 4) is 0 Å². The number of fused-ring (bicyclic) bond motifs is 1. The van der Waals surface area contributed by atoms with Gasteiger partial charge in [0.15, 0.2) is 0 Å². The molecular weight excluding hydrogens is 248 g/mol. The molecule has 2 aliphatic rings. The molecule has 98 valence electrons. The van der Waals surface area contributed by atoms with Crippen LogP contribution in [0.15, 0.2) is 18.2 Å². The highest BCUT2D eigenvalue weighted by molar-refractivity contribution is 5.94. The minimum atomic E-state index is 0. The lowest BCUT2D eigenvalue weighted by molar-refractivity contribution is 0.0788. The number of nitrogens with zero attached hydrogens (tertiary/aromatic N) is 1. The van der Waals surface area contributed by atoms with Crippen LogP contribution in [0.3, 0.4) is 0 Å². The predicted molar refractivity (Wildman–Crippen MR) is 73.9 cm³/mol. The monoisotopic (exact) mass is 266 g/mol. The van der Waals surface area contributed by atoms with Crippen LogP contribution in [-0.4, -0.2) is 24.4 Å². The highest BCUT2D eigenvalue weighted by atomic mass is 35.5. The summed E-state index contributed by atoms with van der Waals surface area (Å²) < 4.78 is 0. The number of nitrogens with one attached hydrogen (secondary N) is 1. The van der Waals surface area contributed by atoms with Crippen LogP contribution < -0.4 is 5.32 Å². The van der Waals surface area contributed by atoms with Crippen molar-refractivity contribution in [1.82, 2.24) is 10.2 Å². The molecule has 1 N–H and O–H groups in total. The zero-order valence-corrected chi connectivity index (χ0v) is 11.4. The summed E-state index contributed by atoms with van der Waals surface area (Å²) in [4.78, 5) is 14.1. The summed E-state index contributed by atoms with van der Waals surface area (Å²) in [7, 11) is 1.91. The molecule has 1 amide bonds. The average molecular weight is 267 g/mol. The lowest BCUT2D eigenvalue weighted by Crippen LogP contribution is -2.28. The molecule has 3 rings (SSSR count). The first kappa shape index (κ1) is 13.4. The second-order valence-corrected chi connectivity index (χ2v) is 5.22. The number of carbonyl (C=O) groups excluding carboxylic acids is 1. The normalized spacial score (nSPS) is 16.9. The number of rotatable bonds is 3. The first-order valence-electron chi connectivity index (χ1n) is 6.32. The highest BCUT2D eigenvalue weighted by Gasteiger charge is 2.25. The molecule has 18 heavy (non-hydrogen) atoms. The molecule has 0 spiro atoms. The maximum Gasteiger partial charge on any atom is 0.253 e. The second-order valence-electron chi connectivity index (χ2n) is 5.22. The standard InChI is InChI=1S/C14H18N2O.ClH/c1-16(9-10-2-3-10)14(17)11-4-5-12-7-15-8-13(12)6-11;/h4-6,10,15H,2-3,7-9H2,1H3;1H. The summed E-state index contributed by atoms with van der Waals surface area (Å²) >= 11 is 0. The van der Waals surface area contributed by atoms with E-state index < -0.39 is 0 Å². The summed E-state index contributed by atoms with van der Waals surface area (Å²) in [6.45, 7) is 2.73. The quantitative estimate of drug-likeness (QED) is 0.910. The molecule has 1 saturated carbocycles. The van der Waals surface area contributed by atoms with Gasteiger partial charge in [-0.2, -0.15) is 0 Å². The van der Waals surface area contributed by atoms with Crippen LogP contribution in [0.25, 0.3) is 0 Å². The summed E-state index contributed by atoms with van der Waals surface area (Å²) in [6.07, 6.45) is 2.57. The molecule has 0 unspecified atom stereocenters. The predicted octanol–water partition coefficient (Wildman–Crippen LogP) is 2.19. The van der Waals surface area contributed by atoms with Crippen molar-refractivity contribution in [3.05, 3.63) is 34.9 Å². The third kappa shape index (κ3) is 2.68. The summed E-state index contributed by atoms with van der Waals surface area (Å²) in [6, 6.07) is 6.08. The number of carbonyl (C=O) groups is 1. The van der Waals surface area contributed by atoms with E-state index in [0.717, 1.165) is 31.1 Å². The topological polar surface area (TPSA) is 32.3 Å². The molecule has 1 fully saturated rings. The van der Waals surface area contributed by atoms with Crippen LogP contribution in [0.4, 0.5) is 0 Å². The van der Waals surface area contributed by atoms with E-state index in [1.54, 1.807) is 0 Å². The van der Waals surface area contributed by atoms with E-state index in [1.807, 2.05) is 24.1 Å². The van der Waals surface area contributed by atoms with Gasteiger partial charge in [-0.05, 0) is 42.0 Å². The van der Waals surface area contributed by atoms with E-state index in [2.05, 4.69) is 11.4 Å². The molecular formula is C14H19ClN2O. The van der Waals surface area contributed by atoms with Crippen molar-refractivity contribution < 1.29 is 4.79 Å². The summed E-state index contributed by atoms with van der Waals surface area (Å²) in [5.41, 5.74) is 3.43. The van der Waals surface area contributed by atoms with E-state index >= 15 is 0 Å². The van der Waals surface area contributed by atoms with Gasteiger partial charge in [-0.25, -0.2) is 0 Å². The van der Waals surface area contributed by atoms with Crippen LogP contribution in [-0.2, 0) is 13.1 Å². The molecule has 1 aromatic carbocycles. The van der Waals surface area contributed by atoms with E-state index in [0.29, 0.717) is 0 Å². The Morgan fingerprint density at radius 2 is 2.06 bits per heavy atom. The van der Waals surface area contributed by atoms with Gasteiger partial charge >= 0.3 is 0 Å². The van der Waals surface area contributed by atoms with Crippen LogP contribution in [0.5, 0.6) is 0 Å². The van der Waals surface area contributed by atoms with Gasteiger partial charge < -0.3 is 10.2 Å². The van der Waals surface area contributed by atoms with Crippen molar-refractivity contribution in [2.75, 3.05) is 13.6 Å². The van der Waals surface area contributed by atoms with Crippen molar-refractivity contribution in [2.45, 2.75) is 25.9 Å². The van der Waals surface area contributed by atoms with Gasteiger partial charge in [-0.1, -0.05) is 6.07 Å². The number of halogens is 1. The average Bonchev–Trinajstić information content (AvgIpc) is 3.02. The van der Waals surface area contributed by atoms with Crippen LogP contribution in [0, 0.1) is 5.92 Å². The van der Waals surface area contributed by atoms with E-state index in [-0.39, 0.29) is 18.3 Å². The fourth-order valence-corrected chi connectivity index (χ4v) is 2.42. The Labute approximate surface area is 114 Å². The van der Waals surface area contributed by atoms with Crippen molar-refractivity contribution in [2.24, 2.45) is 5.92 Å². The van der Waals surface area contributed by atoms with E-state index in [9.17, 15) is 4.79 Å². The van der Waals surface area contributed by atoms with Gasteiger partial charge in [0.1, 0.15) is 0 Å². The molecule has 4 heteroatoms. The molecule has 0 saturated heterocycles. The van der Waals surface area contributed by atoms with Crippen LogP contribution in [0.2, 0.25) is 0 Å². The number of hydrogen-bond acceptors (Lipinski definition) is 2. The van der Waals surface area contributed by atoms with Gasteiger partial charge in [0.05, 0.1) is 0 Å². The molecule has 0 bridgehead atoms. The fraction of sp³-hybridized carbons (Fsp3) is 0.500. The maximum atomic E-state index is 12.2. The van der Waals surface area contributed by atoms with E-state index in [1.165, 1.54) is 24.0 Å². The minimum Gasteiger partial charge on any atom is -0.341 e. The van der Waals surface area contributed by atoms with Gasteiger partial charge in [-0.15, -0.1) is 12.4 Å². The molecule has 1 aromatic rings. The molecule has 0 aromatic heterocycles. The highest BCUT2D eigenvalue weighted by Crippen LogP contribution is 2.29. The Bertz CT molecular complexity index is 457. The molecule has 0 atom stereocenters. The Kier molecular flexibility index (Phi) is 3.93. The van der Waals surface area contributed by atoms with Gasteiger partial charge in [0.2, 0.25) is 0 Å². The summed E-state index contributed by atoms with van der Waals surface area (Å²) in [5, 5.41) is 3.30. The first-order chi connectivity index (χ1) is 8.24. The minimum absolute atomic E-state index is 0. The SMILES string of the molecule is CN(CC1CC1)C(=O)c1ccc2c(c1)CNC2.Cl.